The fourth-order valence-corrected chi connectivity index (χ4v) is 12.5. The number of aromatic carboxylic acids is 2. The number of aliphatic hydroxyl groups is 1. The van der Waals surface area contributed by atoms with Crippen LogP contribution in [0, 0.1) is 23.7 Å². The Labute approximate surface area is 539 Å². The molecule has 7 rings (SSSR count). The van der Waals surface area contributed by atoms with Gasteiger partial charge in [0.05, 0.1) is 42.6 Å². The van der Waals surface area contributed by atoms with Crippen LogP contribution in [-0.2, 0) is 15.9 Å². The number of aldehydes is 1. The van der Waals surface area contributed by atoms with Gasteiger partial charge in [-0.25, -0.2) is 19.2 Å². The summed E-state index contributed by atoms with van der Waals surface area (Å²) in [6, 6.07) is 61.1. The molecule has 16 heteroatoms. The molecule has 7 aromatic carbocycles. The van der Waals surface area contributed by atoms with E-state index in [1.54, 1.807) is 60.7 Å². The number of hydrogen-bond acceptors (Lipinski definition) is 10. The molecule has 0 saturated carbocycles. The van der Waals surface area contributed by atoms with Crippen molar-refractivity contribution in [1.82, 2.24) is 0 Å². The van der Waals surface area contributed by atoms with E-state index < -0.39 is 25.2 Å². The summed E-state index contributed by atoms with van der Waals surface area (Å²) >= 11 is 0. The van der Waals surface area contributed by atoms with Gasteiger partial charge in [-0.1, -0.05) is 183 Å². The largest absolute Gasteiger partial charge is 1.00 e. The van der Waals surface area contributed by atoms with Gasteiger partial charge in [0.25, 0.3) is 0 Å². The van der Waals surface area contributed by atoms with Gasteiger partial charge in [-0.05, 0) is 138 Å². The number of methoxy groups -OCH3 is 2. The third-order valence-corrected chi connectivity index (χ3v) is 16.5. The van der Waals surface area contributed by atoms with Gasteiger partial charge in [0.15, 0.2) is 0 Å². The molecule has 0 aliphatic rings. The van der Waals surface area contributed by atoms with E-state index in [-0.39, 0.29) is 53.9 Å². The second-order valence-corrected chi connectivity index (χ2v) is 23.5. The molecule has 0 aliphatic carbocycles. The minimum atomic E-state index is -1.61. The molecular formula is C69H87BrN2NaO11P. The molecule has 0 aromatic heterocycles. The van der Waals surface area contributed by atoms with Crippen LogP contribution in [-0.4, -0.2) is 78.2 Å². The van der Waals surface area contributed by atoms with Crippen molar-refractivity contribution >= 4 is 65.5 Å². The van der Waals surface area contributed by atoms with E-state index in [9.17, 15) is 24.0 Å². The van der Waals surface area contributed by atoms with Crippen molar-refractivity contribution in [2.45, 2.75) is 68.2 Å². The molecule has 85 heavy (non-hydrogen) atoms. The van der Waals surface area contributed by atoms with Crippen LogP contribution < -0.4 is 68.3 Å². The zero-order valence-electron chi connectivity index (χ0n) is 51.2. The van der Waals surface area contributed by atoms with Crippen LogP contribution in [0.3, 0.4) is 0 Å². The summed E-state index contributed by atoms with van der Waals surface area (Å²) in [5.74, 6) is 3.84. The van der Waals surface area contributed by atoms with Crippen LogP contribution in [0.25, 0.3) is 17.7 Å². The zero-order valence-corrected chi connectivity index (χ0v) is 55.7. The maximum atomic E-state index is 11.3. The summed E-state index contributed by atoms with van der Waals surface area (Å²) < 4.78 is 9.13. The van der Waals surface area contributed by atoms with E-state index in [1.165, 1.54) is 42.4 Å². The Bertz CT molecular complexity index is 2940. The monoisotopic (exact) mass is 1250 g/mol. The number of aliphatic hydroxyl groups excluding tert-OH is 1. The second kappa shape index (κ2) is 46.6. The van der Waals surface area contributed by atoms with Gasteiger partial charge in [-0.2, -0.15) is 0 Å². The summed E-state index contributed by atoms with van der Waals surface area (Å²) in [5.41, 5.74) is 7.22. The van der Waals surface area contributed by atoms with Crippen LogP contribution in [0.15, 0.2) is 200 Å². The maximum absolute atomic E-state index is 11.3. The minimum absolute atomic E-state index is 0. The number of benzene rings is 7. The first kappa shape index (κ1) is 80.4. The summed E-state index contributed by atoms with van der Waals surface area (Å²) in [4.78, 5) is 53.9. The molecule has 0 saturated heterocycles. The fourth-order valence-electron chi connectivity index (χ4n) is 7.80. The third kappa shape index (κ3) is 31.9. The van der Waals surface area contributed by atoms with Crippen LogP contribution in [0.2, 0.25) is 0 Å². The molecular weight excluding hydrogens is 1170 g/mol. The van der Waals surface area contributed by atoms with E-state index in [1.807, 2.05) is 54.1 Å². The zero-order chi connectivity index (χ0) is 62.2. The first-order valence-electron chi connectivity index (χ1n) is 27.1. The number of esters is 2. The molecule has 13 nitrogen and oxygen atoms in total. The number of ether oxygens (including phenoxy) is 2. The quantitative estimate of drug-likeness (QED) is 0.0144. The van der Waals surface area contributed by atoms with Crippen LogP contribution in [0.1, 0.15) is 132 Å². The first-order valence-corrected chi connectivity index (χ1v) is 29.1. The van der Waals surface area contributed by atoms with E-state index in [4.69, 9.17) is 20.5 Å². The van der Waals surface area contributed by atoms with Crippen LogP contribution in [0.5, 0.6) is 0 Å². The van der Waals surface area contributed by atoms with E-state index in [0.717, 1.165) is 36.6 Å². The van der Waals surface area contributed by atoms with Gasteiger partial charge in [0.2, 0.25) is 0 Å². The van der Waals surface area contributed by atoms with Crippen molar-refractivity contribution < 1.29 is 102 Å². The number of carboxylic acids is 2. The molecule has 0 bridgehead atoms. The number of hydrogen-bond donors (Lipinski definition) is 5. The molecule has 0 unspecified atom stereocenters. The van der Waals surface area contributed by atoms with E-state index in [2.05, 4.69) is 168 Å². The topological polar surface area (TPSA) is 225 Å². The Balaban J connectivity index is -0.000000992. The number of carbonyl (C=O) groups excluding carboxylic acids is 3. The van der Waals surface area contributed by atoms with E-state index >= 15 is 0 Å². The summed E-state index contributed by atoms with van der Waals surface area (Å²) in [6.45, 7) is 17.4. The molecule has 0 radical (unpaired) electrons. The molecule has 7 aromatic rings. The predicted molar refractivity (Wildman–Crippen MR) is 343 cm³/mol. The van der Waals surface area contributed by atoms with Gasteiger partial charge in [0, 0.05) is 14.1 Å². The van der Waals surface area contributed by atoms with Crippen LogP contribution in [0.4, 0.5) is 0 Å². The van der Waals surface area contributed by atoms with Gasteiger partial charge in [-0.15, -0.1) is 0 Å². The van der Waals surface area contributed by atoms with Gasteiger partial charge in [-0.3, -0.25) is 4.79 Å². The number of aryl methyl sites for hydroxylation is 1. The maximum Gasteiger partial charge on any atom is 1.00 e. The molecule has 0 fully saturated rings. The van der Waals surface area contributed by atoms with E-state index in [0.29, 0.717) is 57.8 Å². The Morgan fingerprint density at radius 3 is 1.18 bits per heavy atom. The number of nitrogens with zero attached hydrogens (tertiary/aromatic N) is 1. The molecule has 0 atom stereocenters. The number of carboxylic acid groups (broad SMARTS) is 2. The Morgan fingerprint density at radius 2 is 0.847 bits per heavy atom. The molecule has 0 aliphatic heterocycles. The molecule has 0 spiro atoms. The van der Waals surface area contributed by atoms with Crippen molar-refractivity contribution in [3.63, 3.8) is 0 Å². The van der Waals surface area contributed by atoms with Crippen LogP contribution >= 0.6 is 7.26 Å². The number of nitrogens with two attached hydrogens (primary N) is 1. The Morgan fingerprint density at radius 1 is 0.518 bits per heavy atom. The second-order valence-electron chi connectivity index (χ2n) is 19.9. The SMILES string of the molecule is CC(C)C=Cc1cccc(C(=O)O)c1.CC(C)CCc1cccc(C(=O)O)c1.CC(C)C[P+](c1ccccc1)(c1ccccc1)c1ccccc1.CO.COC(=O)c1cccc(C=CC(C)C)c1.COC(=O)c1cccc(C=O)c1.N[N-]O.[Br-].[HH].[Na+]. The van der Waals surface area contributed by atoms with Crippen molar-refractivity contribution in [3.8, 4) is 0 Å². The van der Waals surface area contributed by atoms with Crippen molar-refractivity contribution in [1.29, 1.82) is 0 Å². The number of allylic oxidation sites excluding steroid dienone is 2. The van der Waals surface area contributed by atoms with Gasteiger partial charge in [0.1, 0.15) is 29.5 Å². The summed E-state index contributed by atoms with van der Waals surface area (Å²) in [7, 11) is 2.08. The van der Waals surface area contributed by atoms with Crippen molar-refractivity contribution in [2.75, 3.05) is 27.5 Å². The normalized spacial score (nSPS) is 10.2. The molecule has 452 valence electrons. The fraction of sp³-hybridized carbons (Fsp3) is 0.261. The summed E-state index contributed by atoms with van der Waals surface area (Å²) in [6.07, 6.45) is 12.0. The minimum Gasteiger partial charge on any atom is -1.00 e. The van der Waals surface area contributed by atoms with Crippen molar-refractivity contribution in [2.24, 2.45) is 29.5 Å². The average molecular weight is 1250 g/mol. The molecule has 6 N–H and O–H groups in total. The Hall–Kier alpha value is -6.68. The first-order chi connectivity index (χ1) is 39.7. The predicted octanol–water partition coefficient (Wildman–Crippen LogP) is 8.58. The average Bonchev–Trinajstić information content (AvgIpc) is 1.25. The number of carbonyl (C=O) groups is 5. The summed E-state index contributed by atoms with van der Waals surface area (Å²) in [5, 5.41) is 36.0. The molecule has 0 amide bonds. The van der Waals surface area contributed by atoms with Crippen molar-refractivity contribution in [3.05, 3.63) is 250 Å². The molecule has 0 heterocycles. The van der Waals surface area contributed by atoms with Gasteiger partial charge >= 0.3 is 53.4 Å². The third-order valence-electron chi connectivity index (χ3n) is 11.6. The number of rotatable bonds is 17. The smallest absolute Gasteiger partial charge is 1.00 e. The Kier molecular flexibility index (Phi) is 44.1. The van der Waals surface area contributed by atoms with Gasteiger partial charge < -0.3 is 58.4 Å². The standard InChI is InChI=1S/C22H24P.C13H16O2.C12H16O2.C12H14O2.C9H8O3.CH4O.BrH.H3N2O.Na.H2/c1-19(2)18-23(20-12-6-3-7-13-20,21-14-8-4-9-15-21)22-16-10-5-11-17-22;1-10(2)7-8-11-5-4-6-12(9-11)13(14)15-3;2*1-9(2)6-7-10-4-3-5-11(8-10)12(13)14;1-12-9(11)8-4-2-3-7(5-8)6-10;1-2;;1-2-3;;/h3-17,19H,18H2,1-2H3;4-10H,1-3H3;3-5,8-9H,6-7H2,1-2H3,(H,13,14);3-9H,1-2H3,(H,13,14);2-6H,1H3;2H,1H3;1H;3H,1H2;;1H/q+1;;;;;;;-1;+1;/p-1. The number of halogens is 1.